The van der Waals surface area contributed by atoms with Gasteiger partial charge < -0.3 is 5.32 Å². The molecule has 0 aromatic carbocycles. The van der Waals surface area contributed by atoms with Crippen LogP contribution >= 0.6 is 12.2 Å². The van der Waals surface area contributed by atoms with Crippen LogP contribution in [0.2, 0.25) is 0 Å². The van der Waals surface area contributed by atoms with Gasteiger partial charge in [0.25, 0.3) is 0 Å². The molecule has 0 heterocycles. The Labute approximate surface area is 62.1 Å². The van der Waals surface area contributed by atoms with E-state index in [-0.39, 0.29) is 0 Å². The van der Waals surface area contributed by atoms with E-state index in [1.807, 2.05) is 6.08 Å². The molecular weight excluding hydrogens is 130 g/mol. The fourth-order valence-electron chi connectivity index (χ4n) is 0.501. The molecule has 0 rings (SSSR count). The van der Waals surface area contributed by atoms with Crippen LogP contribution in [0, 0.1) is 0 Å². The van der Waals surface area contributed by atoms with Crippen LogP contribution in [0.15, 0.2) is 12.7 Å². The topological polar surface area (TPSA) is 12.0 Å². The minimum absolute atomic E-state index is 0.791. The van der Waals surface area contributed by atoms with Gasteiger partial charge in [0.1, 0.15) is 0 Å². The van der Waals surface area contributed by atoms with Gasteiger partial charge in [0.15, 0.2) is 0 Å². The monoisotopic (exact) mass is 143 g/mol. The molecule has 0 bridgehead atoms. The first-order valence-electron chi connectivity index (χ1n) is 3.18. The number of nitrogens with one attached hydrogen (secondary N) is 1. The molecule has 0 aliphatic carbocycles. The van der Waals surface area contributed by atoms with Crippen molar-refractivity contribution in [1.29, 1.82) is 0 Å². The van der Waals surface area contributed by atoms with Gasteiger partial charge in [0.2, 0.25) is 0 Å². The minimum Gasteiger partial charge on any atom is -0.376 e. The average molecular weight is 143 g/mol. The standard InChI is InChI=1S/C7H13NS/c1-3-5-7(9)8-6-4-2/h4H,2-3,5-6H2,1H3,(H,8,9). The van der Waals surface area contributed by atoms with Gasteiger partial charge in [-0.05, 0) is 12.8 Å². The fourth-order valence-corrected chi connectivity index (χ4v) is 0.789. The van der Waals surface area contributed by atoms with Crippen LogP contribution in [0.4, 0.5) is 0 Å². The summed E-state index contributed by atoms with van der Waals surface area (Å²) < 4.78 is 0. The van der Waals surface area contributed by atoms with Crippen LogP contribution in [0.3, 0.4) is 0 Å². The zero-order chi connectivity index (χ0) is 7.11. The lowest BCUT2D eigenvalue weighted by molar-refractivity contribution is 0.939. The van der Waals surface area contributed by atoms with Gasteiger partial charge in [-0.25, -0.2) is 0 Å². The van der Waals surface area contributed by atoms with Crippen LogP contribution in [0.25, 0.3) is 0 Å². The molecule has 0 saturated heterocycles. The third-order valence-electron chi connectivity index (χ3n) is 0.921. The van der Waals surface area contributed by atoms with Gasteiger partial charge >= 0.3 is 0 Å². The summed E-state index contributed by atoms with van der Waals surface area (Å²) in [5.41, 5.74) is 0. The summed E-state index contributed by atoms with van der Waals surface area (Å²) in [5.74, 6) is 0. The van der Waals surface area contributed by atoms with Gasteiger partial charge in [-0.3, -0.25) is 0 Å². The van der Waals surface area contributed by atoms with Crippen molar-refractivity contribution in [3.05, 3.63) is 12.7 Å². The molecule has 52 valence electrons. The molecule has 0 aliphatic heterocycles. The largest absolute Gasteiger partial charge is 0.376 e. The van der Waals surface area contributed by atoms with E-state index in [4.69, 9.17) is 12.2 Å². The number of rotatable bonds is 4. The SMILES string of the molecule is C=CCNC(=S)CCC. The molecule has 9 heavy (non-hydrogen) atoms. The highest BCUT2D eigenvalue weighted by molar-refractivity contribution is 7.80. The van der Waals surface area contributed by atoms with Crippen LogP contribution in [-0.2, 0) is 0 Å². The lowest BCUT2D eigenvalue weighted by atomic mass is 10.3. The Morgan fingerprint density at radius 2 is 2.44 bits per heavy atom. The van der Waals surface area contributed by atoms with E-state index in [9.17, 15) is 0 Å². The van der Waals surface area contributed by atoms with Crippen LogP contribution in [-0.4, -0.2) is 11.5 Å². The zero-order valence-electron chi connectivity index (χ0n) is 5.81. The number of hydrogen-bond acceptors (Lipinski definition) is 1. The van der Waals surface area contributed by atoms with Crippen LogP contribution < -0.4 is 5.32 Å². The maximum absolute atomic E-state index is 4.96. The van der Waals surface area contributed by atoms with Crippen LogP contribution in [0.1, 0.15) is 19.8 Å². The zero-order valence-corrected chi connectivity index (χ0v) is 6.63. The lowest BCUT2D eigenvalue weighted by Gasteiger charge is -2.01. The van der Waals surface area contributed by atoms with Crippen molar-refractivity contribution in [2.45, 2.75) is 19.8 Å². The Bertz CT molecular complexity index is 99.1. The number of hydrogen-bond donors (Lipinski definition) is 1. The van der Waals surface area contributed by atoms with E-state index in [0.29, 0.717) is 0 Å². The Morgan fingerprint density at radius 1 is 1.78 bits per heavy atom. The fraction of sp³-hybridized carbons (Fsp3) is 0.571. The Hall–Kier alpha value is -0.370. The third-order valence-corrected chi connectivity index (χ3v) is 1.27. The van der Waals surface area contributed by atoms with Crippen molar-refractivity contribution in [3.63, 3.8) is 0 Å². The second-order valence-corrected chi connectivity index (χ2v) is 2.34. The predicted octanol–water partition coefficient (Wildman–Crippen LogP) is 1.89. The molecule has 0 spiro atoms. The van der Waals surface area contributed by atoms with Gasteiger partial charge in [-0.1, -0.05) is 25.2 Å². The highest BCUT2D eigenvalue weighted by Crippen LogP contribution is 1.87. The maximum atomic E-state index is 4.96. The van der Waals surface area contributed by atoms with Crippen molar-refractivity contribution in [2.24, 2.45) is 0 Å². The third kappa shape index (κ3) is 5.50. The molecule has 0 amide bonds. The molecule has 0 unspecified atom stereocenters. The smallest absolute Gasteiger partial charge is 0.0755 e. The molecule has 1 N–H and O–H groups in total. The highest BCUT2D eigenvalue weighted by atomic mass is 32.1. The summed E-state index contributed by atoms with van der Waals surface area (Å²) in [7, 11) is 0. The van der Waals surface area contributed by atoms with E-state index in [0.717, 1.165) is 24.4 Å². The highest BCUT2D eigenvalue weighted by Gasteiger charge is 1.88. The molecule has 0 aromatic heterocycles. The van der Waals surface area contributed by atoms with Crippen molar-refractivity contribution in [2.75, 3.05) is 6.54 Å². The predicted molar refractivity (Wildman–Crippen MR) is 45.7 cm³/mol. The molecule has 0 radical (unpaired) electrons. The van der Waals surface area contributed by atoms with E-state index >= 15 is 0 Å². The summed E-state index contributed by atoms with van der Waals surface area (Å²) in [4.78, 5) is 0.942. The molecule has 0 aromatic rings. The summed E-state index contributed by atoms with van der Waals surface area (Å²) in [6, 6.07) is 0. The summed E-state index contributed by atoms with van der Waals surface area (Å²) in [6.07, 6.45) is 3.91. The Morgan fingerprint density at radius 3 is 2.89 bits per heavy atom. The van der Waals surface area contributed by atoms with Gasteiger partial charge in [-0.2, -0.15) is 0 Å². The Balaban J connectivity index is 3.16. The molecule has 1 nitrogen and oxygen atoms in total. The van der Waals surface area contributed by atoms with E-state index in [1.54, 1.807) is 0 Å². The molecule has 0 saturated carbocycles. The first kappa shape index (κ1) is 8.63. The summed E-state index contributed by atoms with van der Waals surface area (Å²) >= 11 is 4.96. The summed E-state index contributed by atoms with van der Waals surface area (Å²) in [5, 5.41) is 3.05. The number of thiocarbonyl (C=S) groups is 1. The normalized spacial score (nSPS) is 8.56. The first-order valence-corrected chi connectivity index (χ1v) is 3.59. The average Bonchev–Trinajstić information content (AvgIpc) is 1.85. The van der Waals surface area contributed by atoms with Gasteiger partial charge in [0.05, 0.1) is 4.99 Å². The van der Waals surface area contributed by atoms with Crippen molar-refractivity contribution >= 4 is 17.2 Å². The van der Waals surface area contributed by atoms with Crippen molar-refractivity contribution < 1.29 is 0 Å². The second-order valence-electron chi connectivity index (χ2n) is 1.84. The molecule has 0 atom stereocenters. The molecule has 0 aliphatic rings. The Kier molecular flexibility index (Phi) is 5.52. The molecule has 2 heteroatoms. The van der Waals surface area contributed by atoms with E-state index in [2.05, 4.69) is 18.8 Å². The van der Waals surface area contributed by atoms with Crippen molar-refractivity contribution in [1.82, 2.24) is 5.32 Å². The minimum atomic E-state index is 0.791. The van der Waals surface area contributed by atoms with E-state index < -0.39 is 0 Å². The lowest BCUT2D eigenvalue weighted by Crippen LogP contribution is -2.20. The van der Waals surface area contributed by atoms with E-state index in [1.165, 1.54) is 0 Å². The first-order chi connectivity index (χ1) is 4.31. The summed E-state index contributed by atoms with van der Waals surface area (Å²) in [6.45, 7) is 6.47. The second kappa shape index (κ2) is 5.76. The van der Waals surface area contributed by atoms with Crippen molar-refractivity contribution in [3.8, 4) is 0 Å². The van der Waals surface area contributed by atoms with Gasteiger partial charge in [0, 0.05) is 6.54 Å². The quantitative estimate of drug-likeness (QED) is 0.476. The molecular formula is C7H13NS. The van der Waals surface area contributed by atoms with Crippen LogP contribution in [0.5, 0.6) is 0 Å². The van der Waals surface area contributed by atoms with Gasteiger partial charge in [-0.15, -0.1) is 6.58 Å². The maximum Gasteiger partial charge on any atom is 0.0755 e. The molecule has 0 fully saturated rings.